The van der Waals surface area contributed by atoms with Gasteiger partial charge in [0.15, 0.2) is 0 Å². The first-order valence-corrected chi connectivity index (χ1v) is 14.4. The first-order chi connectivity index (χ1) is 16.6. The van der Waals surface area contributed by atoms with Gasteiger partial charge in [-0.3, -0.25) is 0 Å². The van der Waals surface area contributed by atoms with Crippen molar-refractivity contribution in [2.45, 2.75) is 45.7 Å². The Kier molecular flexibility index (Phi) is 8.00. The van der Waals surface area contributed by atoms with Gasteiger partial charge < -0.3 is 17.1 Å². The zero-order valence-corrected chi connectivity index (χ0v) is 22.6. The molecule has 5 rings (SSSR count). The smallest absolute Gasteiger partial charge is 0.125 e. The van der Waals surface area contributed by atoms with E-state index < -0.39 is 7.26 Å². The molecule has 0 amide bonds. The van der Waals surface area contributed by atoms with Crippen molar-refractivity contribution in [2.24, 2.45) is 0 Å². The Morgan fingerprint density at radius 1 is 0.686 bits per heavy atom. The molecular formula is C32H34ClOP. The summed E-state index contributed by atoms with van der Waals surface area (Å²) >= 11 is 0. The van der Waals surface area contributed by atoms with E-state index in [1.807, 2.05) is 7.11 Å². The maximum Gasteiger partial charge on any atom is 0.125 e. The topological polar surface area (TPSA) is 9.23 Å². The molecule has 0 fully saturated rings. The van der Waals surface area contributed by atoms with Gasteiger partial charge in [-0.1, -0.05) is 54.6 Å². The van der Waals surface area contributed by atoms with E-state index in [2.05, 4.69) is 105 Å². The van der Waals surface area contributed by atoms with E-state index >= 15 is 0 Å². The van der Waals surface area contributed by atoms with Crippen LogP contribution in [-0.2, 0) is 19.0 Å². The highest BCUT2D eigenvalue weighted by Gasteiger charge is 2.47. The summed E-state index contributed by atoms with van der Waals surface area (Å²) in [5, 5.41) is 4.40. The normalized spacial score (nSPS) is 13.0. The highest BCUT2D eigenvalue weighted by Crippen LogP contribution is 2.59. The molecule has 0 aromatic heterocycles. The molecule has 0 spiro atoms. The molecule has 0 aliphatic heterocycles. The fourth-order valence-electron chi connectivity index (χ4n) is 5.89. The van der Waals surface area contributed by atoms with Gasteiger partial charge in [0.1, 0.15) is 28.9 Å². The quantitative estimate of drug-likeness (QED) is 0.367. The Morgan fingerprint density at radius 2 is 1.23 bits per heavy atom. The van der Waals surface area contributed by atoms with Crippen molar-refractivity contribution < 1.29 is 17.1 Å². The third kappa shape index (κ3) is 4.65. The molecule has 180 valence electrons. The van der Waals surface area contributed by atoms with Crippen molar-refractivity contribution in [3.63, 3.8) is 0 Å². The van der Waals surface area contributed by atoms with Gasteiger partial charge in [-0.2, -0.15) is 0 Å². The van der Waals surface area contributed by atoms with E-state index in [1.165, 1.54) is 51.0 Å². The number of rotatable bonds is 6. The van der Waals surface area contributed by atoms with Crippen molar-refractivity contribution in [2.75, 3.05) is 7.11 Å². The van der Waals surface area contributed by atoms with Gasteiger partial charge in [0.05, 0.1) is 13.3 Å². The molecule has 4 aromatic rings. The average molecular weight is 501 g/mol. The lowest BCUT2D eigenvalue weighted by atomic mass is 9.86. The van der Waals surface area contributed by atoms with Gasteiger partial charge in [0.25, 0.3) is 0 Å². The summed E-state index contributed by atoms with van der Waals surface area (Å²) in [6, 6.07) is 34.0. The number of ether oxygens (including phenoxy) is 1. The van der Waals surface area contributed by atoms with Crippen molar-refractivity contribution in [3.05, 3.63) is 119 Å². The number of aryl methyl sites for hydroxylation is 2. The molecule has 3 heteroatoms. The van der Waals surface area contributed by atoms with Crippen LogP contribution in [0.1, 0.15) is 40.7 Å². The van der Waals surface area contributed by atoms with Gasteiger partial charge in [-0.15, -0.1) is 0 Å². The van der Waals surface area contributed by atoms with Crippen LogP contribution in [0.2, 0.25) is 0 Å². The number of hydrogen-bond acceptors (Lipinski definition) is 1. The van der Waals surface area contributed by atoms with E-state index in [0.29, 0.717) is 0 Å². The number of halogens is 1. The first kappa shape index (κ1) is 25.5. The molecule has 35 heavy (non-hydrogen) atoms. The van der Waals surface area contributed by atoms with Crippen LogP contribution in [0.4, 0.5) is 0 Å². The average Bonchev–Trinajstić information content (AvgIpc) is 2.89. The predicted octanol–water partition coefficient (Wildman–Crippen LogP) is 3.69. The minimum atomic E-state index is -1.94. The fourth-order valence-corrected chi connectivity index (χ4v) is 10.5. The number of hydrogen-bond donors (Lipinski definition) is 0. The Hall–Kier alpha value is -2.60. The van der Waals surface area contributed by atoms with Crippen LogP contribution >= 0.6 is 7.26 Å². The molecular weight excluding hydrogens is 467 g/mol. The predicted molar refractivity (Wildman–Crippen MR) is 148 cm³/mol. The van der Waals surface area contributed by atoms with E-state index in [1.54, 1.807) is 5.56 Å². The molecule has 0 heterocycles. The molecule has 0 atom stereocenters. The Labute approximate surface area is 217 Å². The Bertz CT molecular complexity index is 1240. The molecule has 0 saturated carbocycles. The SMILES string of the molecule is COc1c(C)cc(C[P+](c2ccccc2)(c2ccccc2)c2ccccc2C)c2c1CCCC2.[Cl-]. The lowest BCUT2D eigenvalue weighted by molar-refractivity contribution is -0.00000709. The second-order valence-corrected chi connectivity index (χ2v) is 12.9. The second kappa shape index (κ2) is 11.0. The van der Waals surface area contributed by atoms with E-state index in [9.17, 15) is 0 Å². The highest BCUT2D eigenvalue weighted by molar-refractivity contribution is 7.95. The van der Waals surface area contributed by atoms with E-state index in [4.69, 9.17) is 4.74 Å². The largest absolute Gasteiger partial charge is 1.00 e. The molecule has 0 bridgehead atoms. The molecule has 1 nitrogen and oxygen atoms in total. The minimum Gasteiger partial charge on any atom is -1.00 e. The Balaban J connectivity index is 0.00000289. The molecule has 4 aromatic carbocycles. The molecule has 1 aliphatic carbocycles. The summed E-state index contributed by atoms with van der Waals surface area (Å²) in [6.45, 7) is 4.50. The van der Waals surface area contributed by atoms with Crippen LogP contribution in [0, 0.1) is 13.8 Å². The number of methoxy groups -OCH3 is 1. The van der Waals surface area contributed by atoms with Crippen LogP contribution in [0.5, 0.6) is 5.75 Å². The maximum absolute atomic E-state index is 5.91. The molecule has 1 aliphatic rings. The van der Waals surface area contributed by atoms with Gasteiger partial charge in [0, 0.05) is 0 Å². The van der Waals surface area contributed by atoms with Gasteiger partial charge in [-0.25, -0.2) is 0 Å². The van der Waals surface area contributed by atoms with Crippen molar-refractivity contribution >= 4 is 23.2 Å². The van der Waals surface area contributed by atoms with E-state index in [-0.39, 0.29) is 12.4 Å². The van der Waals surface area contributed by atoms with Crippen LogP contribution in [-0.4, -0.2) is 7.11 Å². The minimum absolute atomic E-state index is 0. The van der Waals surface area contributed by atoms with Crippen LogP contribution in [0.15, 0.2) is 91.0 Å². The summed E-state index contributed by atoms with van der Waals surface area (Å²) in [6.07, 6.45) is 5.83. The fraction of sp³-hybridized carbons (Fsp3) is 0.250. The summed E-state index contributed by atoms with van der Waals surface area (Å²) in [5.74, 6) is 1.11. The number of fused-ring (bicyclic) bond motifs is 1. The third-order valence-electron chi connectivity index (χ3n) is 7.41. The zero-order valence-electron chi connectivity index (χ0n) is 20.9. The first-order valence-electron chi connectivity index (χ1n) is 12.4. The molecule has 0 unspecified atom stereocenters. The molecule has 0 N–H and O–H groups in total. The van der Waals surface area contributed by atoms with Crippen molar-refractivity contribution in [3.8, 4) is 5.75 Å². The zero-order chi connectivity index (χ0) is 23.5. The maximum atomic E-state index is 5.91. The van der Waals surface area contributed by atoms with Crippen LogP contribution in [0.25, 0.3) is 0 Å². The standard InChI is InChI=1S/C32H34OP.ClH/c1-24-14-10-13-21-31(24)34(27-15-6-4-7-16-27,28-17-8-5-9-18-28)23-26-22-25(2)32(33-3)30-20-12-11-19-29(26)30;/h4-10,13-18,21-22H,11-12,19-20,23H2,1-3H3;1H/q+1;/p-1. The van der Waals surface area contributed by atoms with Gasteiger partial charge in [-0.05, 0) is 104 Å². The molecule has 0 saturated heterocycles. The van der Waals surface area contributed by atoms with Crippen molar-refractivity contribution in [1.82, 2.24) is 0 Å². The monoisotopic (exact) mass is 500 g/mol. The van der Waals surface area contributed by atoms with Gasteiger partial charge in [0.2, 0.25) is 0 Å². The summed E-state index contributed by atoms with van der Waals surface area (Å²) < 4.78 is 5.91. The lowest BCUT2D eigenvalue weighted by Crippen LogP contribution is -3.00. The summed E-state index contributed by atoms with van der Waals surface area (Å²) in [5.41, 5.74) is 7.15. The van der Waals surface area contributed by atoms with E-state index in [0.717, 1.165) is 24.8 Å². The summed E-state index contributed by atoms with van der Waals surface area (Å²) in [4.78, 5) is 0. The lowest BCUT2D eigenvalue weighted by Gasteiger charge is -2.31. The van der Waals surface area contributed by atoms with Gasteiger partial charge >= 0.3 is 0 Å². The van der Waals surface area contributed by atoms with Crippen LogP contribution < -0.4 is 33.1 Å². The third-order valence-corrected chi connectivity index (χ3v) is 11.9. The second-order valence-electron chi connectivity index (χ2n) is 9.48. The highest BCUT2D eigenvalue weighted by atomic mass is 35.5. The van der Waals surface area contributed by atoms with Crippen molar-refractivity contribution in [1.29, 1.82) is 0 Å². The van der Waals surface area contributed by atoms with Crippen LogP contribution in [0.3, 0.4) is 0 Å². The Morgan fingerprint density at radius 3 is 1.80 bits per heavy atom. The molecule has 0 radical (unpaired) electrons. The summed E-state index contributed by atoms with van der Waals surface area (Å²) in [7, 11) is -0.115. The number of benzene rings is 4.